The molecule has 2 rings (SSSR count). The largest absolute Gasteiger partial charge is 0.326 e. The molecular formula is C9H16N4. The number of nitrogens with zero attached hydrogens (tertiary/aromatic N) is 3. The van der Waals surface area contributed by atoms with E-state index in [0.717, 1.165) is 26.1 Å². The van der Waals surface area contributed by atoms with Gasteiger partial charge >= 0.3 is 0 Å². The third kappa shape index (κ3) is 1.89. The van der Waals surface area contributed by atoms with E-state index < -0.39 is 0 Å². The Morgan fingerprint density at radius 3 is 3.08 bits per heavy atom. The van der Waals surface area contributed by atoms with Crippen molar-refractivity contribution in [2.75, 3.05) is 13.1 Å². The van der Waals surface area contributed by atoms with Crippen molar-refractivity contribution in [3.05, 3.63) is 18.0 Å². The van der Waals surface area contributed by atoms with Gasteiger partial charge < -0.3 is 5.73 Å². The molecule has 1 aliphatic heterocycles. The molecule has 1 fully saturated rings. The van der Waals surface area contributed by atoms with Crippen LogP contribution in [0.3, 0.4) is 0 Å². The van der Waals surface area contributed by atoms with Gasteiger partial charge in [0, 0.05) is 38.9 Å². The molecule has 0 spiro atoms. The lowest BCUT2D eigenvalue weighted by atomic mass is 10.3. The Bertz CT molecular complexity index is 281. The highest BCUT2D eigenvalue weighted by atomic mass is 15.3. The molecule has 2 N–H and O–H groups in total. The van der Waals surface area contributed by atoms with Gasteiger partial charge in [0.05, 0.1) is 5.69 Å². The summed E-state index contributed by atoms with van der Waals surface area (Å²) < 4.78 is 1.92. The SMILES string of the molecule is Cn1nccc1CN1CCC(N)C1. The molecule has 0 amide bonds. The first-order chi connectivity index (χ1) is 6.25. The standard InChI is InChI=1S/C9H16N4/c1-12-9(2-4-11-12)7-13-5-3-8(10)6-13/h2,4,8H,3,5-7,10H2,1H3. The molecule has 13 heavy (non-hydrogen) atoms. The molecule has 1 saturated heterocycles. The van der Waals surface area contributed by atoms with Crippen LogP contribution in [0.15, 0.2) is 12.3 Å². The molecule has 1 aromatic heterocycles. The molecule has 2 heterocycles. The number of rotatable bonds is 2. The summed E-state index contributed by atoms with van der Waals surface area (Å²) in [5.41, 5.74) is 7.09. The fourth-order valence-electron chi connectivity index (χ4n) is 1.79. The average Bonchev–Trinajstić information content (AvgIpc) is 2.64. The van der Waals surface area contributed by atoms with E-state index in [9.17, 15) is 0 Å². The molecule has 4 heteroatoms. The Kier molecular flexibility index (Phi) is 2.33. The molecule has 0 aromatic carbocycles. The van der Waals surface area contributed by atoms with Crippen molar-refractivity contribution < 1.29 is 0 Å². The number of hydrogen-bond acceptors (Lipinski definition) is 3. The minimum atomic E-state index is 0.369. The smallest absolute Gasteiger partial charge is 0.0521 e. The number of hydrogen-bond donors (Lipinski definition) is 1. The zero-order valence-corrected chi connectivity index (χ0v) is 7.98. The van der Waals surface area contributed by atoms with E-state index >= 15 is 0 Å². The lowest BCUT2D eigenvalue weighted by Crippen LogP contribution is -2.26. The predicted molar refractivity (Wildman–Crippen MR) is 51.1 cm³/mol. The summed E-state index contributed by atoms with van der Waals surface area (Å²) in [4.78, 5) is 2.38. The average molecular weight is 180 g/mol. The predicted octanol–water partition coefficient (Wildman–Crippen LogP) is -0.0469. The maximum absolute atomic E-state index is 5.83. The van der Waals surface area contributed by atoms with E-state index in [-0.39, 0.29) is 0 Å². The minimum absolute atomic E-state index is 0.369. The highest BCUT2D eigenvalue weighted by Gasteiger charge is 2.19. The van der Waals surface area contributed by atoms with E-state index in [1.807, 2.05) is 17.9 Å². The highest BCUT2D eigenvalue weighted by molar-refractivity contribution is 5.00. The van der Waals surface area contributed by atoms with Crippen LogP contribution < -0.4 is 5.73 Å². The first kappa shape index (κ1) is 8.72. The third-order valence-electron chi connectivity index (χ3n) is 2.62. The van der Waals surface area contributed by atoms with Crippen molar-refractivity contribution in [3.63, 3.8) is 0 Å². The first-order valence-electron chi connectivity index (χ1n) is 4.70. The van der Waals surface area contributed by atoms with Gasteiger partial charge in [-0.1, -0.05) is 0 Å². The number of nitrogens with two attached hydrogens (primary N) is 1. The van der Waals surface area contributed by atoms with Gasteiger partial charge in [-0.05, 0) is 12.5 Å². The Labute approximate surface area is 78.3 Å². The summed E-state index contributed by atoms with van der Waals surface area (Å²) >= 11 is 0. The van der Waals surface area contributed by atoms with Crippen molar-refractivity contribution in [3.8, 4) is 0 Å². The van der Waals surface area contributed by atoms with Crippen LogP contribution in [0, 0.1) is 0 Å². The Balaban J connectivity index is 1.95. The quantitative estimate of drug-likeness (QED) is 0.694. The fourth-order valence-corrected chi connectivity index (χ4v) is 1.79. The minimum Gasteiger partial charge on any atom is -0.326 e. The van der Waals surface area contributed by atoms with Crippen LogP contribution in [0.1, 0.15) is 12.1 Å². The molecule has 0 radical (unpaired) electrons. The molecular weight excluding hydrogens is 164 g/mol. The zero-order chi connectivity index (χ0) is 9.26. The van der Waals surface area contributed by atoms with Crippen molar-refractivity contribution in [1.29, 1.82) is 0 Å². The Hall–Kier alpha value is -0.870. The van der Waals surface area contributed by atoms with Crippen molar-refractivity contribution in [2.24, 2.45) is 12.8 Å². The summed E-state index contributed by atoms with van der Waals surface area (Å²) in [7, 11) is 1.98. The third-order valence-corrected chi connectivity index (χ3v) is 2.62. The molecule has 0 aliphatic carbocycles. The normalized spacial score (nSPS) is 24.0. The van der Waals surface area contributed by atoms with Crippen LogP contribution >= 0.6 is 0 Å². The van der Waals surface area contributed by atoms with Crippen molar-refractivity contribution in [1.82, 2.24) is 14.7 Å². The second-order valence-electron chi connectivity index (χ2n) is 3.73. The molecule has 0 bridgehead atoms. The van der Waals surface area contributed by atoms with Crippen molar-refractivity contribution in [2.45, 2.75) is 19.0 Å². The van der Waals surface area contributed by atoms with E-state index in [1.54, 1.807) is 0 Å². The topological polar surface area (TPSA) is 47.1 Å². The monoisotopic (exact) mass is 180 g/mol. The first-order valence-corrected chi connectivity index (χ1v) is 4.70. The van der Waals surface area contributed by atoms with E-state index in [2.05, 4.69) is 16.1 Å². The Morgan fingerprint density at radius 2 is 2.54 bits per heavy atom. The summed E-state index contributed by atoms with van der Waals surface area (Å²) in [6.07, 6.45) is 2.96. The molecule has 1 atom stereocenters. The lowest BCUT2D eigenvalue weighted by Gasteiger charge is -2.14. The molecule has 4 nitrogen and oxygen atoms in total. The number of aromatic nitrogens is 2. The summed E-state index contributed by atoms with van der Waals surface area (Å²) in [5.74, 6) is 0. The van der Waals surface area contributed by atoms with Crippen molar-refractivity contribution >= 4 is 0 Å². The second-order valence-corrected chi connectivity index (χ2v) is 3.73. The molecule has 1 unspecified atom stereocenters. The summed E-state index contributed by atoms with van der Waals surface area (Å²) in [5, 5.41) is 4.14. The molecule has 1 aromatic rings. The Morgan fingerprint density at radius 1 is 1.69 bits per heavy atom. The van der Waals surface area contributed by atoms with Crippen LogP contribution in [-0.2, 0) is 13.6 Å². The highest BCUT2D eigenvalue weighted by Crippen LogP contribution is 2.10. The van der Waals surface area contributed by atoms with Crippen LogP contribution in [0.4, 0.5) is 0 Å². The zero-order valence-electron chi connectivity index (χ0n) is 7.98. The fraction of sp³-hybridized carbons (Fsp3) is 0.667. The number of likely N-dealkylation sites (tertiary alicyclic amines) is 1. The van der Waals surface area contributed by atoms with Crippen LogP contribution in [0.25, 0.3) is 0 Å². The van der Waals surface area contributed by atoms with Gasteiger partial charge in [0.25, 0.3) is 0 Å². The van der Waals surface area contributed by atoms with Crippen LogP contribution in [-0.4, -0.2) is 33.8 Å². The lowest BCUT2D eigenvalue weighted by molar-refractivity contribution is 0.317. The molecule has 1 aliphatic rings. The van der Waals surface area contributed by atoms with E-state index in [4.69, 9.17) is 5.73 Å². The van der Waals surface area contributed by atoms with Gasteiger partial charge in [0.15, 0.2) is 0 Å². The maximum Gasteiger partial charge on any atom is 0.0521 e. The van der Waals surface area contributed by atoms with E-state index in [0.29, 0.717) is 6.04 Å². The summed E-state index contributed by atoms with van der Waals surface area (Å²) in [6.45, 7) is 3.11. The van der Waals surface area contributed by atoms with Gasteiger partial charge in [0.2, 0.25) is 0 Å². The molecule has 72 valence electrons. The maximum atomic E-state index is 5.83. The second kappa shape index (κ2) is 3.47. The van der Waals surface area contributed by atoms with Gasteiger partial charge in [-0.15, -0.1) is 0 Å². The van der Waals surface area contributed by atoms with Gasteiger partial charge in [-0.25, -0.2) is 0 Å². The van der Waals surface area contributed by atoms with Crippen LogP contribution in [0.5, 0.6) is 0 Å². The van der Waals surface area contributed by atoms with Crippen LogP contribution in [0.2, 0.25) is 0 Å². The molecule has 0 saturated carbocycles. The van der Waals surface area contributed by atoms with E-state index in [1.165, 1.54) is 5.69 Å². The van der Waals surface area contributed by atoms with Gasteiger partial charge in [0.1, 0.15) is 0 Å². The number of aryl methyl sites for hydroxylation is 1. The summed E-state index contributed by atoms with van der Waals surface area (Å²) in [6, 6.07) is 2.43. The van der Waals surface area contributed by atoms with Gasteiger partial charge in [-0.2, -0.15) is 5.10 Å². The van der Waals surface area contributed by atoms with Gasteiger partial charge in [-0.3, -0.25) is 9.58 Å².